The van der Waals surface area contributed by atoms with Gasteiger partial charge in [0.2, 0.25) is 0 Å². The number of hydrogen-bond acceptors (Lipinski definition) is 1. The first-order valence-corrected chi connectivity index (χ1v) is 4.31. The van der Waals surface area contributed by atoms with E-state index in [4.69, 9.17) is 0 Å². The minimum atomic E-state index is -3.81. The van der Waals surface area contributed by atoms with Crippen molar-refractivity contribution in [3.63, 3.8) is 0 Å². The smallest absolute Gasteiger partial charge is 0.182 e. The van der Waals surface area contributed by atoms with E-state index in [0.717, 1.165) is 0 Å². The van der Waals surface area contributed by atoms with Crippen LogP contribution in [0, 0.1) is 0 Å². The fourth-order valence-corrected chi connectivity index (χ4v) is 0. The fraction of sp³-hybridized carbons (Fsp3) is 1.00. The predicted molar refractivity (Wildman–Crippen MR) is 27.0 cm³/mol. The molecule has 0 bridgehead atoms. The number of rotatable bonds is 1. The summed E-state index contributed by atoms with van der Waals surface area (Å²) in [7, 11) is 0. The largest absolute Gasteiger partial charge is 0.272 e. The minimum Gasteiger partial charge on any atom is -0.182 e. The molecule has 0 N–H and O–H groups in total. The summed E-state index contributed by atoms with van der Waals surface area (Å²) < 4.78 is 22.8. The summed E-state index contributed by atoms with van der Waals surface area (Å²) in [5.41, 5.74) is 0. The maximum Gasteiger partial charge on any atom is 0.272 e. The van der Waals surface area contributed by atoms with Crippen molar-refractivity contribution in [2.45, 2.75) is 6.92 Å². The van der Waals surface area contributed by atoms with Gasteiger partial charge in [-0.05, 0) is 11.8 Å². The normalized spacial score (nSPS) is 11.8. The summed E-state index contributed by atoms with van der Waals surface area (Å²) in [4.78, 5) is 0. The molecule has 0 heterocycles. The standard InChI is InChI=1S/C2H5F2PS/c1-2-5(3,4)6/h2H2,1H3. The molecular weight excluding hydrogens is 125 g/mol. The van der Waals surface area contributed by atoms with E-state index < -0.39 is 6.66 Å². The number of hydrogen-bond donors (Lipinski definition) is 0. The van der Waals surface area contributed by atoms with Crippen LogP contribution in [0.15, 0.2) is 0 Å². The molecule has 0 saturated carbocycles. The molecule has 0 spiro atoms. The molecule has 0 amide bonds. The highest BCUT2D eigenvalue weighted by atomic mass is 32.5. The molecule has 0 saturated heterocycles. The SMILES string of the molecule is CCP(F)(F)=S. The lowest BCUT2D eigenvalue weighted by atomic mass is 11.0. The molecule has 6 heavy (non-hydrogen) atoms. The summed E-state index contributed by atoms with van der Waals surface area (Å²) in [5, 5.41) is 0. The minimum absolute atomic E-state index is 0.137. The van der Waals surface area contributed by atoms with Gasteiger partial charge in [-0.2, -0.15) is 8.39 Å². The molecule has 4 heteroatoms. The lowest BCUT2D eigenvalue weighted by molar-refractivity contribution is 0.740. The average molecular weight is 130 g/mol. The summed E-state index contributed by atoms with van der Waals surface area (Å²) in [6, 6.07) is 0. The van der Waals surface area contributed by atoms with Crippen molar-refractivity contribution in [2.75, 3.05) is 6.16 Å². The van der Waals surface area contributed by atoms with Gasteiger partial charge in [0.1, 0.15) is 0 Å². The van der Waals surface area contributed by atoms with Gasteiger partial charge in [-0.1, -0.05) is 6.92 Å². The van der Waals surface area contributed by atoms with Crippen molar-refractivity contribution in [1.82, 2.24) is 0 Å². The second-order valence-corrected chi connectivity index (χ2v) is 4.26. The maximum absolute atomic E-state index is 11.4. The third-order valence-electron chi connectivity index (χ3n) is 0.368. The van der Waals surface area contributed by atoms with Crippen molar-refractivity contribution < 1.29 is 8.39 Å². The average Bonchev–Trinajstić information content (AvgIpc) is 1.35. The molecule has 0 unspecified atom stereocenters. The van der Waals surface area contributed by atoms with Crippen LogP contribution < -0.4 is 0 Å². The lowest BCUT2D eigenvalue weighted by Crippen LogP contribution is -1.61. The third-order valence-corrected chi connectivity index (χ3v) is 1.88. The van der Waals surface area contributed by atoms with E-state index in [1.54, 1.807) is 0 Å². The second-order valence-electron chi connectivity index (χ2n) is 0.886. The van der Waals surface area contributed by atoms with Gasteiger partial charge < -0.3 is 0 Å². The Kier molecular flexibility index (Phi) is 2.16. The summed E-state index contributed by atoms with van der Waals surface area (Å²) >= 11 is 3.76. The van der Waals surface area contributed by atoms with E-state index in [9.17, 15) is 8.39 Å². The van der Waals surface area contributed by atoms with Gasteiger partial charge in [-0.25, -0.2) is 0 Å². The van der Waals surface area contributed by atoms with Gasteiger partial charge in [0, 0.05) is 6.16 Å². The van der Waals surface area contributed by atoms with Gasteiger partial charge in [0.05, 0.1) is 0 Å². The molecule has 0 rings (SSSR count). The summed E-state index contributed by atoms with van der Waals surface area (Å²) in [6.45, 7) is -2.41. The van der Waals surface area contributed by atoms with Crippen LogP contribution >= 0.6 is 6.66 Å². The Labute approximate surface area is 40.8 Å². The first-order chi connectivity index (χ1) is 2.56. The first kappa shape index (κ1) is 6.51. The zero-order valence-electron chi connectivity index (χ0n) is 3.32. The third kappa shape index (κ3) is 4.51. The summed E-state index contributed by atoms with van der Waals surface area (Å²) in [6.07, 6.45) is -0.137. The van der Waals surface area contributed by atoms with E-state index in [2.05, 4.69) is 11.8 Å². The van der Waals surface area contributed by atoms with Crippen LogP contribution in [-0.4, -0.2) is 6.16 Å². The lowest BCUT2D eigenvalue weighted by Gasteiger charge is -1.89. The topological polar surface area (TPSA) is 0 Å². The zero-order valence-corrected chi connectivity index (χ0v) is 5.03. The first-order valence-electron chi connectivity index (χ1n) is 1.54. The van der Waals surface area contributed by atoms with Gasteiger partial charge in [0.25, 0.3) is 6.66 Å². The van der Waals surface area contributed by atoms with E-state index in [0.29, 0.717) is 0 Å². The molecule has 0 radical (unpaired) electrons. The highest BCUT2D eigenvalue weighted by molar-refractivity contribution is 8.09. The Morgan fingerprint density at radius 1 is 1.67 bits per heavy atom. The van der Waals surface area contributed by atoms with Crippen LogP contribution in [0.25, 0.3) is 0 Å². The Hall–Kier alpha value is 0.510. The predicted octanol–water partition coefficient (Wildman–Crippen LogP) is 2.25. The van der Waals surface area contributed by atoms with Crippen molar-refractivity contribution in [2.24, 2.45) is 0 Å². The van der Waals surface area contributed by atoms with Crippen LogP contribution in [0.2, 0.25) is 0 Å². The molecule has 0 fully saturated rings. The molecule has 0 aliphatic carbocycles. The monoisotopic (exact) mass is 130 g/mol. The molecule has 0 aromatic carbocycles. The Balaban J connectivity index is 3.48. The highest BCUT2D eigenvalue weighted by Crippen LogP contribution is 2.48. The van der Waals surface area contributed by atoms with E-state index in [1.165, 1.54) is 6.92 Å². The van der Waals surface area contributed by atoms with Gasteiger partial charge >= 0.3 is 0 Å². The highest BCUT2D eigenvalue weighted by Gasteiger charge is 2.05. The van der Waals surface area contributed by atoms with Crippen LogP contribution in [0.5, 0.6) is 0 Å². The molecule has 0 aliphatic rings. The number of halogens is 2. The second kappa shape index (κ2) is 1.99. The van der Waals surface area contributed by atoms with Gasteiger partial charge in [-0.3, -0.25) is 0 Å². The maximum atomic E-state index is 11.4. The van der Waals surface area contributed by atoms with Gasteiger partial charge in [-0.15, -0.1) is 0 Å². The van der Waals surface area contributed by atoms with Crippen LogP contribution in [0.1, 0.15) is 6.92 Å². The van der Waals surface area contributed by atoms with E-state index in [1.807, 2.05) is 0 Å². The Bertz CT molecular complexity index is 75.6. The van der Waals surface area contributed by atoms with Crippen LogP contribution in [-0.2, 0) is 11.8 Å². The molecule has 0 aliphatic heterocycles. The molecular formula is C2H5F2PS. The van der Waals surface area contributed by atoms with Crippen molar-refractivity contribution in [1.29, 1.82) is 0 Å². The molecule has 0 aromatic rings. The quantitative estimate of drug-likeness (QED) is 0.490. The van der Waals surface area contributed by atoms with Crippen LogP contribution in [0.3, 0.4) is 0 Å². The molecule has 0 aromatic heterocycles. The molecule has 0 atom stereocenters. The van der Waals surface area contributed by atoms with Crippen LogP contribution in [0.4, 0.5) is 8.39 Å². The molecule has 38 valence electrons. The van der Waals surface area contributed by atoms with Crippen molar-refractivity contribution >= 4 is 18.5 Å². The Morgan fingerprint density at radius 2 is 1.83 bits per heavy atom. The van der Waals surface area contributed by atoms with Crippen molar-refractivity contribution in [3.8, 4) is 0 Å². The van der Waals surface area contributed by atoms with Crippen molar-refractivity contribution in [3.05, 3.63) is 0 Å². The van der Waals surface area contributed by atoms with E-state index in [-0.39, 0.29) is 6.16 Å². The fourth-order valence-electron chi connectivity index (χ4n) is 0. The summed E-state index contributed by atoms with van der Waals surface area (Å²) in [5.74, 6) is 0. The molecule has 0 nitrogen and oxygen atoms in total. The Morgan fingerprint density at radius 3 is 1.83 bits per heavy atom. The van der Waals surface area contributed by atoms with Gasteiger partial charge in [0.15, 0.2) is 0 Å². The zero-order chi connectivity index (χ0) is 5.21. The van der Waals surface area contributed by atoms with E-state index >= 15 is 0 Å².